The van der Waals surface area contributed by atoms with E-state index >= 15 is 0 Å². The van der Waals surface area contributed by atoms with Gasteiger partial charge in [-0.05, 0) is 24.3 Å². The van der Waals surface area contributed by atoms with Gasteiger partial charge in [-0.1, -0.05) is 0 Å². The number of anilines is 2. The van der Waals surface area contributed by atoms with Crippen molar-refractivity contribution in [2.75, 3.05) is 45.7 Å². The number of methoxy groups -OCH3 is 4. The van der Waals surface area contributed by atoms with Gasteiger partial charge in [0, 0.05) is 23.9 Å². The summed E-state index contributed by atoms with van der Waals surface area (Å²) in [6.45, 7) is -0.270. The molecule has 0 saturated heterocycles. The molecule has 0 atom stereocenters. The summed E-state index contributed by atoms with van der Waals surface area (Å²) in [6.07, 6.45) is 2.86. The summed E-state index contributed by atoms with van der Waals surface area (Å²) in [7, 11) is 6.02. The summed E-state index contributed by atoms with van der Waals surface area (Å²) in [5.41, 5.74) is 1.40. The minimum absolute atomic E-state index is 0.0476. The number of benzene rings is 2. The van der Waals surface area contributed by atoms with Gasteiger partial charge in [0.1, 0.15) is 23.0 Å². The maximum Gasteiger partial charge on any atom is 0.248 e. The maximum absolute atomic E-state index is 12.4. The van der Waals surface area contributed by atoms with E-state index in [2.05, 4.69) is 10.6 Å². The Morgan fingerprint density at radius 1 is 0.903 bits per heavy atom. The van der Waals surface area contributed by atoms with Crippen LogP contribution in [0.4, 0.5) is 11.4 Å². The number of nitrogens with one attached hydrogen (secondary N) is 2. The van der Waals surface area contributed by atoms with Crippen LogP contribution < -0.4 is 29.6 Å². The Labute approximate surface area is 180 Å². The fourth-order valence-corrected chi connectivity index (χ4v) is 2.74. The second-order valence-corrected chi connectivity index (χ2v) is 6.21. The second kappa shape index (κ2) is 11.5. The molecule has 0 aliphatic carbocycles. The molecule has 2 amide bonds. The lowest BCUT2D eigenvalue weighted by Crippen LogP contribution is -2.14. The van der Waals surface area contributed by atoms with Gasteiger partial charge in [-0.3, -0.25) is 9.59 Å². The van der Waals surface area contributed by atoms with Crippen molar-refractivity contribution in [3.8, 4) is 23.0 Å². The van der Waals surface area contributed by atoms with Crippen LogP contribution in [0.3, 0.4) is 0 Å². The number of hydrogen-bond donors (Lipinski definition) is 3. The Hall–Kier alpha value is -3.72. The SMILES string of the molecule is COc1cc(OC)c(/C=C/C(=O)Nc2ccc(OC)c(NC(=O)CCO)c2)c(OC)c1. The predicted molar refractivity (Wildman–Crippen MR) is 117 cm³/mol. The van der Waals surface area contributed by atoms with Crippen LogP contribution >= 0.6 is 0 Å². The summed E-state index contributed by atoms with van der Waals surface area (Å²) in [4.78, 5) is 24.2. The van der Waals surface area contributed by atoms with Crippen molar-refractivity contribution in [3.63, 3.8) is 0 Å². The first kappa shape index (κ1) is 23.6. The second-order valence-electron chi connectivity index (χ2n) is 6.21. The Balaban J connectivity index is 2.21. The van der Waals surface area contributed by atoms with E-state index in [1.807, 2.05) is 0 Å². The van der Waals surface area contributed by atoms with Crippen molar-refractivity contribution in [2.45, 2.75) is 6.42 Å². The number of amides is 2. The first-order chi connectivity index (χ1) is 14.9. The molecule has 2 rings (SSSR count). The third-order valence-electron chi connectivity index (χ3n) is 4.23. The Morgan fingerprint density at radius 2 is 1.55 bits per heavy atom. The zero-order valence-electron chi connectivity index (χ0n) is 17.9. The number of hydrogen-bond acceptors (Lipinski definition) is 7. The zero-order valence-corrected chi connectivity index (χ0v) is 17.9. The summed E-state index contributed by atoms with van der Waals surface area (Å²) >= 11 is 0. The van der Waals surface area contributed by atoms with Crippen LogP contribution in [0, 0.1) is 0 Å². The van der Waals surface area contributed by atoms with Gasteiger partial charge in [0.25, 0.3) is 0 Å². The van der Waals surface area contributed by atoms with Crippen molar-refractivity contribution in [3.05, 3.63) is 42.0 Å². The first-order valence-corrected chi connectivity index (χ1v) is 9.33. The van der Waals surface area contributed by atoms with Gasteiger partial charge in [0.05, 0.1) is 52.7 Å². The topological polar surface area (TPSA) is 115 Å². The highest BCUT2D eigenvalue weighted by Gasteiger charge is 2.12. The highest BCUT2D eigenvalue weighted by molar-refractivity contribution is 6.03. The van der Waals surface area contributed by atoms with Gasteiger partial charge in [-0.25, -0.2) is 0 Å². The molecule has 166 valence electrons. The van der Waals surface area contributed by atoms with Crippen molar-refractivity contribution in [2.24, 2.45) is 0 Å². The standard InChI is InChI=1S/C22H26N2O7/c1-28-15-12-19(30-3)16(20(13-15)31-4)6-8-21(26)23-14-5-7-18(29-2)17(11-14)24-22(27)9-10-25/h5-8,11-13,25H,9-10H2,1-4H3,(H,23,26)(H,24,27)/b8-6+. The van der Waals surface area contributed by atoms with E-state index in [4.69, 9.17) is 24.1 Å². The molecule has 0 fully saturated rings. The average Bonchev–Trinajstić information content (AvgIpc) is 2.77. The number of rotatable bonds is 10. The molecule has 0 unspecified atom stereocenters. The molecular weight excluding hydrogens is 404 g/mol. The zero-order chi connectivity index (χ0) is 22.8. The molecule has 0 radical (unpaired) electrons. The molecule has 3 N–H and O–H groups in total. The fourth-order valence-electron chi connectivity index (χ4n) is 2.74. The minimum atomic E-state index is -0.405. The molecule has 0 spiro atoms. The number of carbonyl (C=O) groups excluding carboxylic acids is 2. The molecule has 2 aromatic carbocycles. The molecule has 0 aliphatic heterocycles. The summed E-state index contributed by atoms with van der Waals surface area (Å²) in [5, 5.41) is 14.2. The normalized spacial score (nSPS) is 10.5. The van der Waals surface area contributed by atoms with Crippen LogP contribution in [0.1, 0.15) is 12.0 Å². The van der Waals surface area contributed by atoms with Crippen LogP contribution in [0.15, 0.2) is 36.4 Å². The van der Waals surface area contributed by atoms with Crippen LogP contribution in [-0.2, 0) is 9.59 Å². The van der Waals surface area contributed by atoms with Gasteiger partial charge in [-0.2, -0.15) is 0 Å². The molecule has 0 heterocycles. The van der Waals surface area contributed by atoms with Crippen molar-refractivity contribution < 1.29 is 33.6 Å². The Kier molecular flexibility index (Phi) is 8.71. The molecule has 9 nitrogen and oxygen atoms in total. The van der Waals surface area contributed by atoms with Crippen molar-refractivity contribution >= 4 is 29.3 Å². The van der Waals surface area contributed by atoms with Crippen LogP contribution in [0.5, 0.6) is 23.0 Å². The highest BCUT2D eigenvalue weighted by Crippen LogP contribution is 2.35. The quantitative estimate of drug-likeness (QED) is 0.497. The molecule has 0 bridgehead atoms. The number of aliphatic hydroxyl groups is 1. The van der Waals surface area contributed by atoms with E-state index in [0.717, 1.165) is 0 Å². The Bertz CT molecular complexity index is 932. The fraction of sp³-hybridized carbons (Fsp3) is 0.273. The van der Waals surface area contributed by atoms with E-state index < -0.39 is 5.91 Å². The average molecular weight is 430 g/mol. The van der Waals surface area contributed by atoms with Gasteiger partial charge in [-0.15, -0.1) is 0 Å². The van der Waals surface area contributed by atoms with Crippen LogP contribution in [-0.4, -0.2) is 52.0 Å². The highest BCUT2D eigenvalue weighted by atomic mass is 16.5. The molecule has 2 aromatic rings. The first-order valence-electron chi connectivity index (χ1n) is 9.33. The van der Waals surface area contributed by atoms with Crippen LogP contribution in [0.2, 0.25) is 0 Å². The molecule has 0 saturated carbocycles. The van der Waals surface area contributed by atoms with E-state index in [1.54, 1.807) is 36.4 Å². The monoisotopic (exact) mass is 430 g/mol. The van der Waals surface area contributed by atoms with E-state index in [9.17, 15) is 9.59 Å². The molecule has 31 heavy (non-hydrogen) atoms. The lowest BCUT2D eigenvalue weighted by molar-refractivity contribution is -0.116. The smallest absolute Gasteiger partial charge is 0.248 e. The number of ether oxygens (including phenoxy) is 4. The minimum Gasteiger partial charge on any atom is -0.496 e. The maximum atomic E-state index is 12.4. The predicted octanol–water partition coefficient (Wildman–Crippen LogP) is 2.69. The third-order valence-corrected chi connectivity index (χ3v) is 4.23. The molecule has 0 aliphatic rings. The Morgan fingerprint density at radius 3 is 2.10 bits per heavy atom. The number of carbonyl (C=O) groups is 2. The summed E-state index contributed by atoms with van der Waals surface area (Å²) < 4.78 is 21.2. The van der Waals surface area contributed by atoms with E-state index in [0.29, 0.717) is 39.9 Å². The van der Waals surface area contributed by atoms with Gasteiger partial charge in [0.2, 0.25) is 11.8 Å². The molecular formula is C22H26N2O7. The van der Waals surface area contributed by atoms with Gasteiger partial charge >= 0.3 is 0 Å². The van der Waals surface area contributed by atoms with E-state index in [1.165, 1.54) is 34.5 Å². The van der Waals surface area contributed by atoms with Crippen molar-refractivity contribution in [1.82, 2.24) is 0 Å². The summed E-state index contributed by atoms with van der Waals surface area (Å²) in [5.74, 6) is 1.18. The molecule has 0 aromatic heterocycles. The van der Waals surface area contributed by atoms with Crippen molar-refractivity contribution in [1.29, 1.82) is 0 Å². The lowest BCUT2D eigenvalue weighted by Gasteiger charge is -2.13. The van der Waals surface area contributed by atoms with E-state index in [-0.39, 0.29) is 18.9 Å². The third kappa shape index (κ3) is 6.38. The van der Waals surface area contributed by atoms with Gasteiger partial charge in [0.15, 0.2) is 0 Å². The molecule has 9 heteroatoms. The van der Waals surface area contributed by atoms with Gasteiger partial charge < -0.3 is 34.7 Å². The largest absolute Gasteiger partial charge is 0.496 e. The number of aliphatic hydroxyl groups excluding tert-OH is 1. The summed E-state index contributed by atoms with van der Waals surface area (Å²) in [6, 6.07) is 8.19. The lowest BCUT2D eigenvalue weighted by atomic mass is 10.1. The van der Waals surface area contributed by atoms with Crippen LogP contribution in [0.25, 0.3) is 6.08 Å².